The van der Waals surface area contributed by atoms with E-state index in [4.69, 9.17) is 4.74 Å². The number of ether oxygens (including phenoxy) is 1. The van der Waals surface area contributed by atoms with Crippen molar-refractivity contribution in [3.8, 4) is 11.6 Å². The van der Waals surface area contributed by atoms with Crippen molar-refractivity contribution in [2.45, 2.75) is 18.9 Å². The Morgan fingerprint density at radius 3 is 2.84 bits per heavy atom. The lowest BCUT2D eigenvalue weighted by Gasteiger charge is -2.44. The number of amides is 2. The summed E-state index contributed by atoms with van der Waals surface area (Å²) in [6, 6.07) is 7.18. The van der Waals surface area contributed by atoms with Gasteiger partial charge in [-0.05, 0) is 24.6 Å². The Balaban J connectivity index is 1.40. The molecule has 0 N–H and O–H groups in total. The normalized spacial score (nSPS) is 17.5. The molecule has 7 heteroatoms. The van der Waals surface area contributed by atoms with Crippen LogP contribution in [0.25, 0.3) is 0 Å². The van der Waals surface area contributed by atoms with Crippen LogP contribution in [0.4, 0.5) is 0 Å². The van der Waals surface area contributed by atoms with Crippen LogP contribution in [-0.4, -0.2) is 57.3 Å². The summed E-state index contributed by atoms with van der Waals surface area (Å²) < 4.78 is 5.62. The van der Waals surface area contributed by atoms with Gasteiger partial charge in [0.05, 0.1) is 12.2 Å². The van der Waals surface area contributed by atoms with Gasteiger partial charge in [-0.2, -0.15) is 0 Å². The lowest BCUT2D eigenvalue weighted by molar-refractivity contribution is -0.132. The average molecular weight is 338 g/mol. The molecule has 0 radical (unpaired) electrons. The van der Waals surface area contributed by atoms with E-state index >= 15 is 0 Å². The fourth-order valence-corrected chi connectivity index (χ4v) is 3.21. The Morgan fingerprint density at radius 2 is 2.12 bits per heavy atom. The molecule has 2 amide bonds. The number of nitrogens with zero attached hydrogens (tertiary/aromatic N) is 4. The number of aromatic nitrogens is 2. The lowest BCUT2D eigenvalue weighted by Crippen LogP contribution is -2.61. The van der Waals surface area contributed by atoms with E-state index in [1.807, 2.05) is 4.90 Å². The Kier molecular flexibility index (Phi) is 4.05. The molecule has 2 saturated heterocycles. The molecular formula is C18H18N4O3. The van der Waals surface area contributed by atoms with E-state index in [0.717, 1.165) is 13.0 Å². The topological polar surface area (TPSA) is 75.6 Å². The van der Waals surface area contributed by atoms with Crippen LogP contribution in [0.5, 0.6) is 11.6 Å². The zero-order chi connectivity index (χ0) is 17.2. The number of benzene rings is 1. The van der Waals surface area contributed by atoms with Crippen molar-refractivity contribution in [2.75, 3.05) is 19.6 Å². The van der Waals surface area contributed by atoms with Crippen molar-refractivity contribution in [2.24, 2.45) is 0 Å². The van der Waals surface area contributed by atoms with Crippen LogP contribution in [-0.2, 0) is 4.79 Å². The minimum absolute atomic E-state index is 0.0486. The monoisotopic (exact) mass is 338 g/mol. The molecule has 0 aliphatic carbocycles. The molecule has 0 saturated carbocycles. The second kappa shape index (κ2) is 6.51. The highest BCUT2D eigenvalue weighted by atomic mass is 16.5. The first kappa shape index (κ1) is 15.6. The molecule has 0 bridgehead atoms. The summed E-state index contributed by atoms with van der Waals surface area (Å²) in [7, 11) is 0. The maximum absolute atomic E-state index is 12.6. The lowest BCUT2D eigenvalue weighted by atomic mass is 10.0. The summed E-state index contributed by atoms with van der Waals surface area (Å²) in [5.74, 6) is 1.07. The molecule has 2 aliphatic rings. The zero-order valence-electron chi connectivity index (χ0n) is 13.7. The van der Waals surface area contributed by atoms with Crippen LogP contribution < -0.4 is 4.74 Å². The molecule has 0 unspecified atom stereocenters. The molecule has 7 nitrogen and oxygen atoms in total. The van der Waals surface area contributed by atoms with E-state index in [2.05, 4.69) is 9.97 Å². The SMILES string of the molecule is O=C(c1cccc(Oc2cnccn2)c1)N1CC(N2CCCC2=O)C1. The van der Waals surface area contributed by atoms with E-state index in [1.165, 1.54) is 6.20 Å². The third-order valence-corrected chi connectivity index (χ3v) is 4.54. The fourth-order valence-electron chi connectivity index (χ4n) is 3.21. The molecule has 2 aromatic rings. The van der Waals surface area contributed by atoms with E-state index in [-0.39, 0.29) is 17.9 Å². The number of hydrogen-bond donors (Lipinski definition) is 0. The summed E-state index contributed by atoms with van der Waals surface area (Å²) in [6.07, 6.45) is 6.18. The standard InChI is InChI=1S/C18H18N4O3/c23-17-5-2-8-22(17)14-11-21(12-14)18(24)13-3-1-4-15(9-13)25-16-10-19-6-7-20-16/h1,3-4,6-7,9-10,14H,2,5,8,11-12H2. The number of hydrogen-bond acceptors (Lipinski definition) is 5. The van der Waals surface area contributed by atoms with Crippen LogP contribution in [0.1, 0.15) is 23.2 Å². The molecule has 2 fully saturated rings. The molecule has 128 valence electrons. The average Bonchev–Trinajstić information content (AvgIpc) is 3.00. The second-order valence-electron chi connectivity index (χ2n) is 6.23. The maximum atomic E-state index is 12.6. The van der Waals surface area contributed by atoms with Crippen LogP contribution in [0.15, 0.2) is 42.9 Å². The zero-order valence-corrected chi connectivity index (χ0v) is 13.7. The summed E-state index contributed by atoms with van der Waals surface area (Å²) in [5.41, 5.74) is 0.563. The van der Waals surface area contributed by atoms with Crippen molar-refractivity contribution >= 4 is 11.8 Å². The minimum Gasteiger partial charge on any atom is -0.437 e. The first-order valence-corrected chi connectivity index (χ1v) is 8.33. The fraction of sp³-hybridized carbons (Fsp3) is 0.333. The number of rotatable bonds is 4. The molecule has 2 aliphatic heterocycles. The first-order chi connectivity index (χ1) is 12.2. The summed E-state index contributed by atoms with van der Waals surface area (Å²) in [4.78, 5) is 36.0. The van der Waals surface area contributed by atoms with Gasteiger partial charge in [0.2, 0.25) is 11.8 Å². The Bertz CT molecular complexity index is 790. The van der Waals surface area contributed by atoms with Gasteiger partial charge in [-0.3, -0.25) is 14.6 Å². The van der Waals surface area contributed by atoms with Gasteiger partial charge in [-0.15, -0.1) is 0 Å². The van der Waals surface area contributed by atoms with Gasteiger partial charge in [0.15, 0.2) is 0 Å². The van der Waals surface area contributed by atoms with Gasteiger partial charge in [0, 0.05) is 44.0 Å². The third kappa shape index (κ3) is 3.17. The first-order valence-electron chi connectivity index (χ1n) is 8.33. The summed E-state index contributed by atoms with van der Waals surface area (Å²) in [5, 5.41) is 0. The largest absolute Gasteiger partial charge is 0.437 e. The molecule has 3 heterocycles. The van der Waals surface area contributed by atoms with Crippen molar-refractivity contribution < 1.29 is 14.3 Å². The highest BCUT2D eigenvalue weighted by molar-refractivity contribution is 5.95. The van der Waals surface area contributed by atoms with E-state index < -0.39 is 0 Å². The number of carbonyl (C=O) groups is 2. The van der Waals surface area contributed by atoms with Crippen LogP contribution >= 0.6 is 0 Å². The summed E-state index contributed by atoms with van der Waals surface area (Å²) >= 11 is 0. The number of carbonyl (C=O) groups excluding carboxylic acids is 2. The molecule has 4 rings (SSSR count). The van der Waals surface area contributed by atoms with Crippen molar-refractivity contribution in [3.05, 3.63) is 48.4 Å². The Labute approximate surface area is 145 Å². The second-order valence-corrected chi connectivity index (χ2v) is 6.23. The van der Waals surface area contributed by atoms with Gasteiger partial charge in [0.1, 0.15) is 5.75 Å². The van der Waals surface area contributed by atoms with Gasteiger partial charge in [0.25, 0.3) is 5.91 Å². The summed E-state index contributed by atoms with van der Waals surface area (Å²) in [6.45, 7) is 2.01. The molecule has 0 spiro atoms. The highest BCUT2D eigenvalue weighted by Crippen LogP contribution is 2.25. The molecule has 1 aromatic carbocycles. The minimum atomic E-state index is -0.0486. The third-order valence-electron chi connectivity index (χ3n) is 4.54. The van der Waals surface area contributed by atoms with Gasteiger partial charge < -0.3 is 14.5 Å². The van der Waals surface area contributed by atoms with Crippen molar-refractivity contribution in [3.63, 3.8) is 0 Å². The predicted octanol–water partition coefficient (Wildman–Crippen LogP) is 1.72. The van der Waals surface area contributed by atoms with E-state index in [9.17, 15) is 9.59 Å². The Morgan fingerprint density at radius 1 is 1.24 bits per heavy atom. The van der Waals surface area contributed by atoms with Gasteiger partial charge in [-0.25, -0.2) is 4.98 Å². The van der Waals surface area contributed by atoms with Crippen LogP contribution in [0.2, 0.25) is 0 Å². The smallest absolute Gasteiger partial charge is 0.254 e. The quantitative estimate of drug-likeness (QED) is 0.848. The van der Waals surface area contributed by atoms with E-state index in [0.29, 0.717) is 36.7 Å². The van der Waals surface area contributed by atoms with E-state index in [1.54, 1.807) is 41.6 Å². The maximum Gasteiger partial charge on any atom is 0.254 e. The number of likely N-dealkylation sites (tertiary alicyclic amines) is 2. The molecular weight excluding hydrogens is 320 g/mol. The van der Waals surface area contributed by atoms with Gasteiger partial charge in [-0.1, -0.05) is 6.07 Å². The van der Waals surface area contributed by atoms with Crippen molar-refractivity contribution in [1.29, 1.82) is 0 Å². The predicted molar refractivity (Wildman–Crippen MR) is 89.2 cm³/mol. The van der Waals surface area contributed by atoms with Crippen LogP contribution in [0, 0.1) is 0 Å². The van der Waals surface area contributed by atoms with Gasteiger partial charge >= 0.3 is 0 Å². The Hall–Kier alpha value is -2.96. The molecule has 0 atom stereocenters. The molecule has 25 heavy (non-hydrogen) atoms. The molecule has 1 aromatic heterocycles. The van der Waals surface area contributed by atoms with Crippen LogP contribution in [0.3, 0.4) is 0 Å². The van der Waals surface area contributed by atoms with Crippen molar-refractivity contribution in [1.82, 2.24) is 19.8 Å². The highest BCUT2D eigenvalue weighted by Gasteiger charge is 2.38.